The second kappa shape index (κ2) is 38.0. The van der Waals surface area contributed by atoms with Gasteiger partial charge < -0.3 is 58.1 Å². The number of nitriles is 1. The highest BCUT2D eigenvalue weighted by atomic mass is 19.3. The van der Waals surface area contributed by atoms with Gasteiger partial charge in [-0.25, -0.2) is 18.7 Å². The number of carbonyl (C=O) groups is 4. The number of halogens is 2. The van der Waals surface area contributed by atoms with Crippen molar-refractivity contribution >= 4 is 69.6 Å². The van der Waals surface area contributed by atoms with Gasteiger partial charge >= 0.3 is 0 Å². The van der Waals surface area contributed by atoms with E-state index in [1.54, 1.807) is 49.6 Å². The average Bonchev–Trinajstić information content (AvgIpc) is 1.62. The predicted octanol–water partition coefficient (Wildman–Crippen LogP) is 13.2. The number of rotatable bonds is 14. The number of nitrogens with zero attached hydrogens (tertiary/aromatic N) is 25. The highest BCUT2D eigenvalue weighted by molar-refractivity contribution is 5.82. The van der Waals surface area contributed by atoms with Crippen LogP contribution in [0.3, 0.4) is 0 Å². The van der Waals surface area contributed by atoms with Gasteiger partial charge in [0.05, 0.1) is 126 Å². The minimum atomic E-state index is -2.37. The van der Waals surface area contributed by atoms with Gasteiger partial charge in [0.1, 0.15) is 6.33 Å². The van der Waals surface area contributed by atoms with E-state index in [1.807, 2.05) is 76.3 Å². The lowest BCUT2D eigenvalue weighted by atomic mass is 9.88. The topological polar surface area (TPSA) is 305 Å². The third-order valence-corrected chi connectivity index (χ3v) is 29.5. The van der Waals surface area contributed by atoms with Crippen LogP contribution >= 0.6 is 0 Å². The first kappa shape index (κ1) is 90.2. The largest absolute Gasteiger partial charge is 0.379 e. The molecule has 0 aliphatic carbocycles. The molecule has 712 valence electrons. The fraction of sp³-hybridized carbons (Fsp3) is 0.471. The van der Waals surface area contributed by atoms with Gasteiger partial charge in [-0.2, -0.15) is 41.0 Å². The average molecular weight is 1860 g/mol. The maximum Gasteiger partial charge on any atom is 0.239 e. The van der Waals surface area contributed by atoms with Crippen LogP contribution < -0.4 is 19.6 Å². The minimum absolute atomic E-state index is 0.0317. The Kier molecular flexibility index (Phi) is 25.0. The number of anilines is 8. The van der Waals surface area contributed by atoms with Gasteiger partial charge in [-0.1, -0.05) is 24.3 Å². The molecule has 4 aromatic carbocycles. The zero-order valence-electron chi connectivity index (χ0n) is 79.1. The van der Waals surface area contributed by atoms with E-state index in [-0.39, 0.29) is 54.0 Å². The molecule has 0 saturated carbocycles. The van der Waals surface area contributed by atoms with E-state index in [9.17, 15) is 33.2 Å². The molecular weight excluding hydrogens is 1740 g/mol. The molecular formula is C102H117F2N25O8. The van der Waals surface area contributed by atoms with E-state index in [4.69, 9.17) is 39.3 Å². The number of aromatic nitrogens is 16. The van der Waals surface area contributed by atoms with Crippen molar-refractivity contribution in [3.63, 3.8) is 0 Å². The summed E-state index contributed by atoms with van der Waals surface area (Å²) in [4.78, 5) is 73.9. The Labute approximate surface area is 794 Å². The number of hydrogen-bond donors (Lipinski definition) is 0. The molecule has 8 aromatic heterocycles. The zero-order valence-corrected chi connectivity index (χ0v) is 79.1. The fourth-order valence-corrected chi connectivity index (χ4v) is 21.9. The van der Waals surface area contributed by atoms with Crippen LogP contribution in [0.4, 0.5) is 54.8 Å². The van der Waals surface area contributed by atoms with Gasteiger partial charge in [0, 0.05) is 261 Å². The molecule has 4 atom stereocenters. The third-order valence-electron chi connectivity index (χ3n) is 29.5. The summed E-state index contributed by atoms with van der Waals surface area (Å²) in [6.45, 7) is 22.2. The first-order valence-corrected chi connectivity index (χ1v) is 48.4. The SMILES string of the molecule is CC(=O)N1CCc2c(c(N3CC(C#N)Cc4cc(-c5cnn(C)c5)ccc43)nn2[C@H]2CCOC2)C1.CC(=O)N1CCc2c(c(N3CCCc4cc(-c5cc(C)n(C)n5)ccc43)nn2C2COC2)C1.CC(=O)N1CCc2c(c(N3CCCc4cc(-c5ccncn5)ccc43)nn2C2COC2)C1.CC(=O)N1CCc2c(c(N3C[C@H](CC(F)F)Cc4cc(-c5cnn(C)c5)ccc43)nn2[C@H]2CCOC2)C1. The molecule has 0 bridgehead atoms. The van der Waals surface area contributed by atoms with Gasteiger partial charge in [-0.3, -0.25) is 52.0 Å². The Morgan fingerprint density at radius 3 is 1.22 bits per heavy atom. The number of fused-ring (bicyclic) bond motifs is 8. The van der Waals surface area contributed by atoms with Crippen LogP contribution in [0.25, 0.3) is 44.8 Å². The van der Waals surface area contributed by atoms with E-state index in [1.165, 1.54) is 50.7 Å². The third kappa shape index (κ3) is 17.8. The monoisotopic (exact) mass is 1860 g/mol. The van der Waals surface area contributed by atoms with Crippen LogP contribution in [-0.4, -0.2) is 233 Å². The lowest BCUT2D eigenvalue weighted by Crippen LogP contribution is -2.37. The summed E-state index contributed by atoms with van der Waals surface area (Å²) >= 11 is 0. The van der Waals surface area contributed by atoms with Gasteiger partial charge in [-0.05, 0) is 158 Å². The van der Waals surface area contributed by atoms with Crippen molar-refractivity contribution < 1.29 is 46.9 Å². The number of hydrogen-bond acceptors (Lipinski definition) is 22. The number of amides is 4. The van der Waals surface area contributed by atoms with Crippen molar-refractivity contribution in [2.45, 2.75) is 175 Å². The van der Waals surface area contributed by atoms with Crippen LogP contribution in [0.5, 0.6) is 0 Å². The first-order chi connectivity index (χ1) is 66.6. The molecule has 0 N–H and O–H groups in total. The molecule has 24 rings (SSSR count). The number of aryl methyl sites for hydroxylation is 6. The van der Waals surface area contributed by atoms with E-state index in [0.29, 0.717) is 124 Å². The van der Waals surface area contributed by atoms with E-state index in [0.717, 1.165) is 210 Å². The summed E-state index contributed by atoms with van der Waals surface area (Å²) in [7, 11) is 5.77. The van der Waals surface area contributed by atoms with Crippen LogP contribution in [0, 0.1) is 30.1 Å². The molecule has 0 radical (unpaired) electrons. The fourth-order valence-electron chi connectivity index (χ4n) is 21.9. The van der Waals surface area contributed by atoms with Crippen LogP contribution in [0.15, 0.2) is 122 Å². The number of ether oxygens (including phenoxy) is 4. The molecule has 0 spiro atoms. The van der Waals surface area contributed by atoms with E-state index >= 15 is 0 Å². The molecule has 20 heterocycles. The summed E-state index contributed by atoms with van der Waals surface area (Å²) in [5.74, 6) is 3.65. The molecule has 4 amide bonds. The zero-order chi connectivity index (χ0) is 94.1. The van der Waals surface area contributed by atoms with Crippen LogP contribution in [0.2, 0.25) is 0 Å². The van der Waals surface area contributed by atoms with Crippen molar-refractivity contribution in [2.24, 2.45) is 33.0 Å². The predicted molar refractivity (Wildman–Crippen MR) is 510 cm³/mol. The van der Waals surface area contributed by atoms with Crippen molar-refractivity contribution in [2.75, 3.05) is 125 Å². The highest BCUT2D eigenvalue weighted by Gasteiger charge is 2.42. The summed E-state index contributed by atoms with van der Waals surface area (Å²) in [5.41, 5.74) is 28.2. The molecule has 12 aromatic rings. The lowest BCUT2D eigenvalue weighted by molar-refractivity contribution is -0.130. The standard InChI is InChI=1S/C27H32F2N6O2.C26H29N7O2.C25H30N6O2.C24H26N6O2/c1-17(36)33-7-5-25-23(15-33)27(31-35(25)22-6-8-37-16-22)34-13-18(10-26(28)29)9-20-11-19(3-4-24(20)34)21-12-30-32(2)14-21;1-17(34)31-7-5-25-23(15-31)26(29-33(25)22-6-8-35-16-22)32-13-18(11-27)9-20-10-19(3-4-24(20)32)21-12-28-30(2)14-21;1-16-11-22(26-28(16)3)18-6-7-23-19(12-18)5-4-9-30(23)25-21-13-29(17(2)32)10-8-24(21)31(27-25)20-14-33-15-20;1-16(31)28-10-7-23-20(12-28)24(27-30(23)19-13-32-14-19)29-9-2-3-18-11-17(4-5-22(18)29)21-6-8-25-15-26-21/h3-4,11-12,14,18,22,26H,5-10,13,15-16H2,1-2H3;3-4,10,12,14,18,22H,5-9,13,15-16H2,1-2H3;6-7,11-12,20H,4-5,8-10,13-15H2,1-3H3;4-6,8,11,15,19H,2-3,7,9-10,12-14H2,1H3/t18-,22-;18?,22-;;/m00../s1. The minimum Gasteiger partial charge on any atom is -0.379 e. The number of carbonyl (C=O) groups excluding carboxylic acids is 4. The Hall–Kier alpha value is -13.3. The smallest absolute Gasteiger partial charge is 0.239 e. The van der Waals surface area contributed by atoms with Crippen molar-refractivity contribution in [1.29, 1.82) is 5.26 Å². The van der Waals surface area contributed by atoms with E-state index < -0.39 is 6.43 Å². The van der Waals surface area contributed by atoms with Crippen molar-refractivity contribution in [3.05, 3.63) is 195 Å². The van der Waals surface area contributed by atoms with Gasteiger partial charge in [0.25, 0.3) is 0 Å². The Balaban J connectivity index is 0.000000109. The lowest BCUT2D eigenvalue weighted by Gasteiger charge is -2.36. The number of benzene rings is 4. The molecule has 12 aliphatic rings. The van der Waals surface area contributed by atoms with Crippen LogP contribution in [-0.2, 0) is 137 Å². The van der Waals surface area contributed by atoms with Gasteiger partial charge in [0.15, 0.2) is 23.3 Å². The summed E-state index contributed by atoms with van der Waals surface area (Å²) in [6, 6.07) is 33.5. The number of alkyl halides is 2. The molecule has 4 fully saturated rings. The molecule has 12 aliphatic heterocycles. The Morgan fingerprint density at radius 1 is 0.445 bits per heavy atom. The molecule has 33 nitrogen and oxygen atoms in total. The molecule has 35 heteroatoms. The first-order valence-electron chi connectivity index (χ1n) is 48.4. The normalized spacial score (nSPS) is 19.9. The maximum atomic E-state index is 13.6. The van der Waals surface area contributed by atoms with Crippen molar-refractivity contribution in [1.82, 2.24) is 98.0 Å². The van der Waals surface area contributed by atoms with Gasteiger partial charge in [-0.15, -0.1) is 0 Å². The van der Waals surface area contributed by atoms with E-state index in [2.05, 4.69) is 155 Å². The Bertz CT molecular complexity index is 6590. The summed E-state index contributed by atoms with van der Waals surface area (Å²) < 4.78 is 63.5. The van der Waals surface area contributed by atoms with Crippen LogP contribution in [0.1, 0.15) is 157 Å². The molecule has 137 heavy (non-hydrogen) atoms. The quantitative estimate of drug-likeness (QED) is 0.0976. The second-order valence-electron chi connectivity index (χ2n) is 38.5. The summed E-state index contributed by atoms with van der Waals surface area (Å²) in [5, 5.41) is 43.7. The van der Waals surface area contributed by atoms with Gasteiger partial charge in [0.2, 0.25) is 30.1 Å². The molecule has 4 saturated heterocycles. The van der Waals surface area contributed by atoms with Crippen molar-refractivity contribution in [3.8, 4) is 50.8 Å². The second-order valence-corrected chi connectivity index (χ2v) is 38.5. The highest BCUT2D eigenvalue weighted by Crippen LogP contribution is 2.48. The maximum absolute atomic E-state index is 13.6. The summed E-state index contributed by atoms with van der Waals surface area (Å²) in [6.07, 6.45) is 19.0. The molecule has 1 unspecified atom stereocenters. The Morgan fingerprint density at radius 2 is 0.847 bits per heavy atom.